The predicted molar refractivity (Wildman–Crippen MR) is 101 cm³/mol. The van der Waals surface area contributed by atoms with Crippen LogP contribution in [0.15, 0.2) is 12.2 Å². The Morgan fingerprint density at radius 1 is 1.27 bits per heavy atom. The van der Waals surface area contributed by atoms with Crippen molar-refractivity contribution in [2.75, 3.05) is 6.61 Å². The van der Waals surface area contributed by atoms with Crippen LogP contribution in [0.1, 0.15) is 71.1 Å². The highest BCUT2D eigenvalue weighted by Gasteiger charge is 2.47. The fourth-order valence-corrected chi connectivity index (χ4v) is 4.36. The first-order chi connectivity index (χ1) is 12.5. The largest absolute Gasteiger partial charge is 0.393 e. The molecule has 5 heteroatoms. The zero-order valence-corrected chi connectivity index (χ0v) is 16.1. The van der Waals surface area contributed by atoms with Crippen LogP contribution in [-0.4, -0.2) is 52.1 Å². The molecule has 0 radical (unpaired) electrons. The van der Waals surface area contributed by atoms with Crippen LogP contribution in [0.25, 0.3) is 0 Å². The first-order valence-electron chi connectivity index (χ1n) is 10.4. The second-order valence-electron chi connectivity index (χ2n) is 7.98. The molecule has 5 nitrogen and oxygen atoms in total. The Kier molecular flexibility index (Phi) is 9.26. The third-order valence-electron chi connectivity index (χ3n) is 5.86. The number of Topliss-reactive ketones (excluding diaryl/α,β-unsaturated/α-hetero) is 1. The summed E-state index contributed by atoms with van der Waals surface area (Å²) in [6.45, 7) is 1.77. The molecule has 6 atom stereocenters. The van der Waals surface area contributed by atoms with Gasteiger partial charge in [0.1, 0.15) is 6.61 Å². The number of hydrogen-bond donors (Lipinski definition) is 3. The Morgan fingerprint density at radius 3 is 2.81 bits per heavy atom. The molecule has 2 fully saturated rings. The molecule has 2 rings (SSSR count). The Bertz CT molecular complexity index is 450. The predicted octanol–water partition coefficient (Wildman–Crippen LogP) is 2.76. The molecule has 0 aromatic rings. The topological polar surface area (TPSA) is 87.0 Å². The normalized spacial score (nSPS) is 32.2. The molecule has 1 heterocycles. The fraction of sp³-hybridized carbons (Fsp3) is 0.857. The van der Waals surface area contributed by atoms with E-state index in [0.29, 0.717) is 25.2 Å². The summed E-state index contributed by atoms with van der Waals surface area (Å²) in [7, 11) is 0. The molecule has 150 valence electrons. The summed E-state index contributed by atoms with van der Waals surface area (Å²) in [5, 5.41) is 29.0. The lowest BCUT2D eigenvalue weighted by atomic mass is 9.89. The lowest BCUT2D eigenvalue weighted by Gasteiger charge is -2.17. The van der Waals surface area contributed by atoms with Crippen LogP contribution in [0.5, 0.6) is 0 Å². The number of carbonyl (C=O) groups is 1. The molecule has 0 aromatic carbocycles. The van der Waals surface area contributed by atoms with E-state index < -0.39 is 0 Å². The van der Waals surface area contributed by atoms with Gasteiger partial charge in [-0.1, -0.05) is 38.3 Å². The molecule has 3 N–H and O–H groups in total. The van der Waals surface area contributed by atoms with Gasteiger partial charge in [0.05, 0.1) is 24.4 Å². The minimum Gasteiger partial charge on any atom is -0.393 e. The van der Waals surface area contributed by atoms with Crippen molar-refractivity contribution in [3.63, 3.8) is 0 Å². The maximum atomic E-state index is 11.1. The van der Waals surface area contributed by atoms with Crippen LogP contribution < -0.4 is 0 Å². The van der Waals surface area contributed by atoms with Crippen molar-refractivity contribution < 1.29 is 24.9 Å². The summed E-state index contributed by atoms with van der Waals surface area (Å²) >= 11 is 0. The Hall–Kier alpha value is -0.750. The molecule has 2 aliphatic rings. The number of rotatable bonds is 12. The number of aliphatic hydroxyl groups excluding tert-OH is 3. The zero-order valence-electron chi connectivity index (χ0n) is 16.1. The van der Waals surface area contributed by atoms with Gasteiger partial charge in [-0.25, -0.2) is 0 Å². The molecule has 0 aromatic heterocycles. The van der Waals surface area contributed by atoms with Crippen LogP contribution in [0.4, 0.5) is 0 Å². The summed E-state index contributed by atoms with van der Waals surface area (Å²) in [5.41, 5.74) is 0. The highest BCUT2D eigenvalue weighted by atomic mass is 16.5. The second-order valence-corrected chi connectivity index (χ2v) is 7.98. The van der Waals surface area contributed by atoms with Gasteiger partial charge in [-0.05, 0) is 38.0 Å². The quantitative estimate of drug-likeness (QED) is 0.364. The minimum absolute atomic E-state index is 0.0938. The van der Waals surface area contributed by atoms with Crippen molar-refractivity contribution in [2.24, 2.45) is 11.8 Å². The van der Waals surface area contributed by atoms with Crippen molar-refractivity contribution in [2.45, 2.75) is 95.5 Å². The standard InChI is InChI=1S/C21H36O5/c1-2-3-7-15(23)9-6-11-18-19-12-17(26-21(19)13-20(18)25)10-5-4-8-16(24)14-22/h6,11,15,17-23,25H,2-5,7-10,12-14H2,1H3/t15?,17-,18+,19+,20+,21+/m0/s1. The van der Waals surface area contributed by atoms with Crippen LogP contribution in [0.3, 0.4) is 0 Å². The maximum absolute atomic E-state index is 11.1. The number of ketones is 1. The number of unbranched alkanes of at least 4 members (excludes halogenated alkanes) is 2. The van der Waals surface area contributed by atoms with E-state index in [0.717, 1.165) is 44.9 Å². The zero-order chi connectivity index (χ0) is 18.9. The minimum atomic E-state index is -0.358. The summed E-state index contributed by atoms with van der Waals surface area (Å²) in [6, 6.07) is 0. The van der Waals surface area contributed by atoms with Crippen molar-refractivity contribution in [1.82, 2.24) is 0 Å². The van der Waals surface area contributed by atoms with Crippen LogP contribution >= 0.6 is 0 Å². The third kappa shape index (κ3) is 6.45. The molecule has 0 amide bonds. The molecule has 1 aliphatic carbocycles. The summed E-state index contributed by atoms with van der Waals surface area (Å²) in [4.78, 5) is 11.1. The molecule has 1 aliphatic heterocycles. The molecule has 0 spiro atoms. The van der Waals surface area contributed by atoms with E-state index >= 15 is 0 Å². The average molecular weight is 369 g/mol. The fourth-order valence-electron chi connectivity index (χ4n) is 4.36. The lowest BCUT2D eigenvalue weighted by Crippen LogP contribution is -2.19. The molecule has 0 bridgehead atoms. The first-order valence-corrected chi connectivity index (χ1v) is 10.4. The molecule has 26 heavy (non-hydrogen) atoms. The second kappa shape index (κ2) is 11.2. The van der Waals surface area contributed by atoms with Gasteiger partial charge < -0.3 is 20.1 Å². The molecule has 1 unspecified atom stereocenters. The van der Waals surface area contributed by atoms with Crippen molar-refractivity contribution in [3.8, 4) is 0 Å². The van der Waals surface area contributed by atoms with E-state index in [1.807, 2.05) is 6.08 Å². The molecular weight excluding hydrogens is 332 g/mol. The smallest absolute Gasteiger partial charge is 0.158 e. The van der Waals surface area contributed by atoms with Crippen molar-refractivity contribution in [1.29, 1.82) is 0 Å². The van der Waals surface area contributed by atoms with E-state index in [9.17, 15) is 15.0 Å². The Morgan fingerprint density at radius 2 is 2.08 bits per heavy atom. The van der Waals surface area contributed by atoms with Gasteiger partial charge in [0.15, 0.2) is 5.78 Å². The molecule has 1 saturated carbocycles. The third-order valence-corrected chi connectivity index (χ3v) is 5.86. The van der Waals surface area contributed by atoms with E-state index in [2.05, 4.69) is 13.0 Å². The van der Waals surface area contributed by atoms with Gasteiger partial charge in [-0.3, -0.25) is 4.79 Å². The summed E-state index contributed by atoms with van der Waals surface area (Å²) < 4.78 is 6.12. The summed E-state index contributed by atoms with van der Waals surface area (Å²) in [5.74, 6) is 0.390. The molecular formula is C21H36O5. The SMILES string of the molecule is CCCCC(O)CC=C[C@@H]1[C@H]2C[C@H](CCCCC(=O)CO)O[C@@H]2C[C@H]1O. The van der Waals surface area contributed by atoms with E-state index in [4.69, 9.17) is 9.84 Å². The van der Waals surface area contributed by atoms with Gasteiger partial charge in [-0.15, -0.1) is 0 Å². The maximum Gasteiger partial charge on any atom is 0.158 e. The van der Waals surface area contributed by atoms with Crippen LogP contribution in [0, 0.1) is 11.8 Å². The van der Waals surface area contributed by atoms with Gasteiger partial charge in [0.25, 0.3) is 0 Å². The van der Waals surface area contributed by atoms with E-state index in [-0.39, 0.29) is 42.7 Å². The first kappa shape index (κ1) is 21.5. The molecule has 1 saturated heterocycles. The monoisotopic (exact) mass is 368 g/mol. The number of hydrogen-bond acceptors (Lipinski definition) is 5. The van der Waals surface area contributed by atoms with Crippen molar-refractivity contribution >= 4 is 5.78 Å². The van der Waals surface area contributed by atoms with E-state index in [1.54, 1.807) is 0 Å². The van der Waals surface area contributed by atoms with Gasteiger partial charge in [0.2, 0.25) is 0 Å². The number of ether oxygens (including phenoxy) is 1. The van der Waals surface area contributed by atoms with Gasteiger partial charge in [0, 0.05) is 18.8 Å². The Labute approximate surface area is 157 Å². The van der Waals surface area contributed by atoms with Crippen molar-refractivity contribution in [3.05, 3.63) is 12.2 Å². The number of aliphatic hydroxyl groups is 3. The lowest BCUT2D eigenvalue weighted by molar-refractivity contribution is -0.121. The van der Waals surface area contributed by atoms with Gasteiger partial charge in [-0.2, -0.15) is 0 Å². The highest BCUT2D eigenvalue weighted by molar-refractivity contribution is 5.79. The van der Waals surface area contributed by atoms with Crippen LogP contribution in [0.2, 0.25) is 0 Å². The number of carbonyl (C=O) groups excluding carboxylic acids is 1. The average Bonchev–Trinajstić information content (AvgIpc) is 3.14. The van der Waals surface area contributed by atoms with E-state index in [1.165, 1.54) is 0 Å². The highest BCUT2D eigenvalue weighted by Crippen LogP contribution is 2.45. The van der Waals surface area contributed by atoms with Crippen LogP contribution in [-0.2, 0) is 9.53 Å². The summed E-state index contributed by atoms with van der Waals surface area (Å²) in [6.07, 6.45) is 12.3. The van der Waals surface area contributed by atoms with Gasteiger partial charge >= 0.3 is 0 Å². The Balaban J connectivity index is 1.72. The number of fused-ring (bicyclic) bond motifs is 1.